The molecule has 1 atom stereocenters. The van der Waals surface area contributed by atoms with Crippen LogP contribution < -0.4 is 0 Å². The molecule has 0 fully saturated rings. The minimum absolute atomic E-state index is 0.432. The lowest BCUT2D eigenvalue weighted by atomic mass is 10.9. The minimum atomic E-state index is -2.67. The maximum Gasteiger partial charge on any atom is 0.327 e. The summed E-state index contributed by atoms with van der Waals surface area (Å²) in [5.41, 5.74) is 0. The molecule has 0 heterocycles. The average molecular weight is 138 g/mol. The third-order valence-corrected chi connectivity index (χ3v) is 2.09. The molecule has 0 saturated carbocycles. The summed E-state index contributed by atoms with van der Waals surface area (Å²) >= 11 is 0. The quantitative estimate of drug-likeness (QED) is 0.554. The molecule has 0 spiro atoms. The second-order valence-corrected chi connectivity index (χ2v) is 3.54. The first kappa shape index (κ1) is 8.15. The lowest BCUT2D eigenvalue weighted by Gasteiger charge is -2.07. The zero-order chi connectivity index (χ0) is 6.62. The van der Waals surface area contributed by atoms with E-state index in [-0.39, 0.29) is 0 Å². The van der Waals surface area contributed by atoms with Crippen LogP contribution in [0.5, 0.6) is 0 Å². The third kappa shape index (κ3) is 3.19. The Balaban J connectivity index is 3.55. The Morgan fingerprint density at radius 1 is 1.62 bits per heavy atom. The summed E-state index contributed by atoms with van der Waals surface area (Å²) in [4.78, 5) is 0. The van der Waals surface area contributed by atoms with Crippen LogP contribution in [0.1, 0.15) is 6.92 Å². The highest BCUT2D eigenvalue weighted by Gasteiger charge is 2.11. The molecule has 0 rings (SSSR count). The van der Waals surface area contributed by atoms with Crippen molar-refractivity contribution in [3.63, 3.8) is 0 Å². The molecule has 0 aliphatic heterocycles. The normalized spacial score (nSPS) is 17.9. The highest BCUT2D eigenvalue weighted by molar-refractivity contribution is 7.52. The van der Waals surface area contributed by atoms with Crippen molar-refractivity contribution in [3.8, 4) is 0 Å². The largest absolute Gasteiger partial charge is 0.327 e. The van der Waals surface area contributed by atoms with E-state index in [9.17, 15) is 4.57 Å². The maximum atomic E-state index is 10.7. The van der Waals surface area contributed by atoms with Gasteiger partial charge in [-0.1, -0.05) is 0 Å². The van der Waals surface area contributed by atoms with E-state index in [1.807, 2.05) is 0 Å². The second-order valence-electron chi connectivity index (χ2n) is 1.37. The number of hydrogen-bond acceptors (Lipinski definition) is 3. The summed E-state index contributed by atoms with van der Waals surface area (Å²) in [6.07, 6.45) is 0. The molecule has 4 heteroatoms. The van der Waals surface area contributed by atoms with Gasteiger partial charge in [-0.2, -0.15) is 0 Å². The van der Waals surface area contributed by atoms with Gasteiger partial charge in [0.15, 0.2) is 0 Å². The number of rotatable bonds is 3. The Morgan fingerprint density at radius 3 is 2.25 bits per heavy atom. The summed E-state index contributed by atoms with van der Waals surface area (Å²) < 4.78 is 20.0. The molecular formula is C4H11O3P. The summed E-state index contributed by atoms with van der Waals surface area (Å²) in [5, 5.41) is 0. The predicted octanol–water partition coefficient (Wildman–Crippen LogP) is 1.49. The first-order valence-corrected chi connectivity index (χ1v) is 4.39. The zero-order valence-electron chi connectivity index (χ0n) is 5.38. The van der Waals surface area contributed by atoms with Gasteiger partial charge < -0.3 is 9.05 Å². The van der Waals surface area contributed by atoms with Crippen molar-refractivity contribution in [2.24, 2.45) is 0 Å². The topological polar surface area (TPSA) is 35.5 Å². The molecule has 0 aromatic rings. The van der Waals surface area contributed by atoms with Crippen LogP contribution in [0, 0.1) is 0 Å². The van der Waals surface area contributed by atoms with Gasteiger partial charge >= 0.3 is 7.60 Å². The van der Waals surface area contributed by atoms with Crippen LogP contribution in [0.3, 0.4) is 0 Å². The van der Waals surface area contributed by atoms with Crippen LogP contribution >= 0.6 is 7.60 Å². The third-order valence-electron chi connectivity index (χ3n) is 0.695. The van der Waals surface area contributed by atoms with E-state index in [1.165, 1.54) is 13.8 Å². The average Bonchev–Trinajstić information content (AvgIpc) is 1.67. The molecule has 50 valence electrons. The maximum absolute atomic E-state index is 10.7. The lowest BCUT2D eigenvalue weighted by molar-refractivity contribution is 0.250. The SMILES string of the molecule is CCOP(C)(=O)OC. The molecule has 1 unspecified atom stereocenters. The van der Waals surface area contributed by atoms with Gasteiger partial charge in [-0.05, 0) is 6.92 Å². The molecule has 0 radical (unpaired) electrons. The Morgan fingerprint density at radius 2 is 2.12 bits per heavy atom. The van der Waals surface area contributed by atoms with Crippen molar-refractivity contribution in [2.45, 2.75) is 6.92 Å². The van der Waals surface area contributed by atoms with Crippen molar-refractivity contribution in [3.05, 3.63) is 0 Å². The molecule has 3 nitrogen and oxygen atoms in total. The van der Waals surface area contributed by atoms with Crippen LogP contribution in [0.15, 0.2) is 0 Å². The van der Waals surface area contributed by atoms with Gasteiger partial charge in [0.1, 0.15) is 0 Å². The number of hydrogen-bond donors (Lipinski definition) is 0. The summed E-state index contributed by atoms with van der Waals surface area (Å²) in [6.45, 7) is 3.65. The predicted molar refractivity (Wildman–Crippen MR) is 32.2 cm³/mol. The van der Waals surface area contributed by atoms with E-state index in [4.69, 9.17) is 4.52 Å². The standard InChI is InChI=1S/C4H11O3P/c1-4-7-8(3,5)6-2/h4H2,1-3H3. The Kier molecular flexibility index (Phi) is 3.29. The summed E-state index contributed by atoms with van der Waals surface area (Å²) in [5.74, 6) is 0. The summed E-state index contributed by atoms with van der Waals surface area (Å²) in [7, 11) is -1.30. The summed E-state index contributed by atoms with van der Waals surface area (Å²) in [6, 6.07) is 0. The van der Waals surface area contributed by atoms with E-state index >= 15 is 0 Å². The molecule has 0 aliphatic rings. The Bertz CT molecular complexity index is 101. The molecule has 0 aromatic heterocycles. The fraction of sp³-hybridized carbons (Fsp3) is 1.00. The first-order chi connectivity index (χ1) is 3.62. The molecule has 0 amide bonds. The lowest BCUT2D eigenvalue weighted by Crippen LogP contribution is -1.88. The molecule has 0 aliphatic carbocycles. The van der Waals surface area contributed by atoms with Gasteiger partial charge in [0.25, 0.3) is 0 Å². The van der Waals surface area contributed by atoms with Gasteiger partial charge in [0.2, 0.25) is 0 Å². The van der Waals surface area contributed by atoms with E-state index < -0.39 is 7.60 Å². The Hall–Kier alpha value is 0.150. The molecule has 0 aromatic carbocycles. The van der Waals surface area contributed by atoms with E-state index in [0.29, 0.717) is 6.61 Å². The first-order valence-electron chi connectivity index (χ1n) is 2.40. The van der Waals surface area contributed by atoms with Crippen LogP contribution in [0.4, 0.5) is 0 Å². The molecule has 0 N–H and O–H groups in total. The second kappa shape index (κ2) is 3.23. The monoisotopic (exact) mass is 138 g/mol. The Labute approximate surface area is 49.5 Å². The van der Waals surface area contributed by atoms with Crippen molar-refractivity contribution in [1.29, 1.82) is 0 Å². The smallest absolute Gasteiger partial charge is 0.312 e. The van der Waals surface area contributed by atoms with Crippen LogP contribution in [-0.2, 0) is 13.6 Å². The van der Waals surface area contributed by atoms with Gasteiger partial charge in [-0.3, -0.25) is 4.57 Å². The van der Waals surface area contributed by atoms with Gasteiger partial charge in [0, 0.05) is 13.8 Å². The van der Waals surface area contributed by atoms with Crippen molar-refractivity contribution in [2.75, 3.05) is 20.4 Å². The van der Waals surface area contributed by atoms with Crippen molar-refractivity contribution < 1.29 is 13.6 Å². The molecule has 8 heavy (non-hydrogen) atoms. The van der Waals surface area contributed by atoms with Gasteiger partial charge in [-0.25, -0.2) is 0 Å². The highest BCUT2D eigenvalue weighted by Crippen LogP contribution is 2.41. The van der Waals surface area contributed by atoms with Crippen LogP contribution in [-0.4, -0.2) is 20.4 Å². The van der Waals surface area contributed by atoms with E-state index in [0.717, 1.165) is 0 Å². The molecule has 0 bridgehead atoms. The van der Waals surface area contributed by atoms with Crippen LogP contribution in [0.2, 0.25) is 0 Å². The van der Waals surface area contributed by atoms with Crippen molar-refractivity contribution >= 4 is 7.60 Å². The van der Waals surface area contributed by atoms with Gasteiger partial charge in [0.05, 0.1) is 6.61 Å². The van der Waals surface area contributed by atoms with Gasteiger partial charge in [-0.15, -0.1) is 0 Å². The minimum Gasteiger partial charge on any atom is -0.312 e. The fourth-order valence-corrected chi connectivity index (χ4v) is 0.862. The van der Waals surface area contributed by atoms with E-state index in [2.05, 4.69) is 4.52 Å². The fourth-order valence-electron chi connectivity index (χ4n) is 0.287. The van der Waals surface area contributed by atoms with Crippen LogP contribution in [0.25, 0.3) is 0 Å². The van der Waals surface area contributed by atoms with E-state index in [1.54, 1.807) is 6.92 Å². The molecular weight excluding hydrogens is 127 g/mol. The molecule has 0 saturated heterocycles. The zero-order valence-corrected chi connectivity index (χ0v) is 6.27. The van der Waals surface area contributed by atoms with Crippen molar-refractivity contribution in [1.82, 2.24) is 0 Å². The highest BCUT2D eigenvalue weighted by atomic mass is 31.2.